The van der Waals surface area contributed by atoms with Crippen molar-refractivity contribution >= 4 is 35.2 Å². The van der Waals surface area contributed by atoms with Crippen molar-refractivity contribution in [3.05, 3.63) is 36.4 Å². The Morgan fingerprint density at radius 3 is 2.48 bits per heavy atom. The Labute approximate surface area is 175 Å². The van der Waals surface area contributed by atoms with Crippen molar-refractivity contribution in [1.29, 1.82) is 0 Å². The number of nitrogens with one attached hydrogen (secondary N) is 2. The molecule has 1 aromatic heterocycles. The van der Waals surface area contributed by atoms with Gasteiger partial charge in [-0.2, -0.15) is 0 Å². The summed E-state index contributed by atoms with van der Waals surface area (Å²) in [5.74, 6) is 2.60. The number of para-hydroxylation sites is 1. The molecular formula is C21H27N5O2S. The van der Waals surface area contributed by atoms with E-state index in [0.717, 1.165) is 35.6 Å². The van der Waals surface area contributed by atoms with Gasteiger partial charge in [0.15, 0.2) is 5.16 Å². The fourth-order valence-corrected chi connectivity index (χ4v) is 4.15. The Balaban J connectivity index is 1.39. The lowest BCUT2D eigenvalue weighted by Gasteiger charge is -2.23. The average Bonchev–Trinajstić information content (AvgIpc) is 3.10. The molecule has 1 aliphatic heterocycles. The number of nitrogens with zero attached hydrogens (tertiary/aromatic N) is 3. The molecule has 0 radical (unpaired) electrons. The number of carbonyl (C=O) groups is 1. The monoisotopic (exact) mass is 413 g/mol. The number of benzene rings is 1. The smallest absolute Gasteiger partial charge is 0.407 e. The third kappa shape index (κ3) is 4.75. The van der Waals surface area contributed by atoms with E-state index in [1.807, 2.05) is 63.4 Å². The highest BCUT2D eigenvalue weighted by molar-refractivity contribution is 7.98. The number of thioether (sulfide) groups is 1. The van der Waals surface area contributed by atoms with Crippen LogP contribution in [0.4, 0.5) is 22.1 Å². The number of ether oxygens (including phenoxy) is 1. The molecule has 3 atom stereocenters. The molecule has 2 aromatic rings. The van der Waals surface area contributed by atoms with Gasteiger partial charge < -0.3 is 20.3 Å². The normalized spacial score (nSPS) is 22.8. The quantitative estimate of drug-likeness (QED) is 0.568. The number of aromatic nitrogens is 2. The maximum Gasteiger partial charge on any atom is 0.407 e. The molecule has 1 aliphatic carbocycles. The zero-order valence-electron chi connectivity index (χ0n) is 17.2. The van der Waals surface area contributed by atoms with Gasteiger partial charge in [-0.25, -0.2) is 14.8 Å². The number of hydrogen-bond donors (Lipinski definition) is 2. The van der Waals surface area contributed by atoms with Gasteiger partial charge in [0.2, 0.25) is 0 Å². The highest BCUT2D eigenvalue weighted by atomic mass is 32.2. The number of carbonyl (C=O) groups excluding carboxylic acids is 1. The first-order valence-electron chi connectivity index (χ1n) is 9.82. The zero-order valence-corrected chi connectivity index (χ0v) is 18.0. The molecule has 29 heavy (non-hydrogen) atoms. The first-order valence-corrected chi connectivity index (χ1v) is 11.0. The number of amides is 1. The van der Waals surface area contributed by atoms with Crippen LogP contribution >= 0.6 is 11.8 Å². The summed E-state index contributed by atoms with van der Waals surface area (Å²) < 4.78 is 5.37. The van der Waals surface area contributed by atoms with Crippen LogP contribution in [-0.2, 0) is 4.74 Å². The minimum atomic E-state index is -0.475. The van der Waals surface area contributed by atoms with Crippen molar-refractivity contribution in [3.8, 4) is 0 Å². The van der Waals surface area contributed by atoms with E-state index in [0.29, 0.717) is 11.8 Å². The molecule has 1 amide bonds. The number of alkyl carbamates (subject to hydrolysis) is 1. The molecule has 2 fully saturated rings. The van der Waals surface area contributed by atoms with Crippen molar-refractivity contribution in [2.45, 2.75) is 37.6 Å². The summed E-state index contributed by atoms with van der Waals surface area (Å²) in [4.78, 5) is 23.6. The van der Waals surface area contributed by atoms with Crippen LogP contribution in [0.3, 0.4) is 0 Å². The Morgan fingerprint density at radius 2 is 1.86 bits per heavy atom. The van der Waals surface area contributed by atoms with E-state index in [-0.39, 0.29) is 12.1 Å². The molecule has 154 valence electrons. The van der Waals surface area contributed by atoms with E-state index in [1.165, 1.54) is 11.8 Å². The minimum Gasteiger partial charge on any atom is -0.444 e. The molecule has 2 aliphatic rings. The second-order valence-electron chi connectivity index (χ2n) is 8.49. The summed E-state index contributed by atoms with van der Waals surface area (Å²) in [6.07, 6.45) is 1.65. The van der Waals surface area contributed by atoms with E-state index >= 15 is 0 Å². The number of anilines is 3. The van der Waals surface area contributed by atoms with Crippen LogP contribution in [0.15, 0.2) is 41.6 Å². The third-order valence-corrected chi connectivity index (χ3v) is 5.67. The lowest BCUT2D eigenvalue weighted by molar-refractivity contribution is 0.0518. The van der Waals surface area contributed by atoms with Crippen LogP contribution in [0.25, 0.3) is 0 Å². The molecule has 2 heterocycles. The largest absolute Gasteiger partial charge is 0.444 e. The second-order valence-corrected chi connectivity index (χ2v) is 9.27. The molecule has 0 bridgehead atoms. The van der Waals surface area contributed by atoms with Gasteiger partial charge in [0.25, 0.3) is 0 Å². The Morgan fingerprint density at radius 1 is 1.17 bits per heavy atom. The second kappa shape index (κ2) is 7.74. The number of hydrogen-bond acceptors (Lipinski definition) is 7. The SMILES string of the molecule is CSc1nc(Nc2ccccc2)cc(N2C[C@@H]3[C@H](C2)[C@H]3NC(=O)OC(C)(C)C)n1. The van der Waals surface area contributed by atoms with E-state index < -0.39 is 5.60 Å². The van der Waals surface area contributed by atoms with Crippen molar-refractivity contribution in [2.24, 2.45) is 11.8 Å². The van der Waals surface area contributed by atoms with E-state index in [4.69, 9.17) is 9.72 Å². The molecule has 7 nitrogen and oxygen atoms in total. The highest BCUT2D eigenvalue weighted by Crippen LogP contribution is 2.47. The van der Waals surface area contributed by atoms with Crippen LogP contribution in [0.5, 0.6) is 0 Å². The maximum absolute atomic E-state index is 12.0. The summed E-state index contributed by atoms with van der Waals surface area (Å²) in [6.45, 7) is 7.38. The van der Waals surface area contributed by atoms with E-state index in [2.05, 4.69) is 20.5 Å². The standard InChI is InChI=1S/C21H27N5O2S/c1-21(2,3)28-20(27)25-18-14-11-26(12-15(14)18)17-10-16(23-19(24-17)29-4)22-13-8-6-5-7-9-13/h5-10,14-15,18H,11-12H2,1-4H3,(H,25,27)(H,22,23,24)/t14-,15+,18+. The van der Waals surface area contributed by atoms with Gasteiger partial charge in [-0.05, 0) is 39.2 Å². The van der Waals surface area contributed by atoms with Gasteiger partial charge in [-0.15, -0.1) is 0 Å². The lowest BCUT2D eigenvalue weighted by Crippen LogP contribution is -2.38. The predicted molar refractivity (Wildman–Crippen MR) is 116 cm³/mol. The molecule has 8 heteroatoms. The van der Waals surface area contributed by atoms with Crippen LogP contribution in [0.1, 0.15) is 20.8 Å². The Kier molecular flexibility index (Phi) is 5.29. The van der Waals surface area contributed by atoms with E-state index in [9.17, 15) is 4.79 Å². The van der Waals surface area contributed by atoms with E-state index in [1.54, 1.807) is 0 Å². The molecule has 1 saturated carbocycles. The van der Waals surface area contributed by atoms with Gasteiger partial charge in [-0.1, -0.05) is 30.0 Å². The molecule has 0 spiro atoms. The van der Waals surface area contributed by atoms with Gasteiger partial charge in [0.05, 0.1) is 0 Å². The summed E-state index contributed by atoms with van der Waals surface area (Å²) in [6, 6.07) is 12.2. The van der Waals surface area contributed by atoms with Gasteiger partial charge in [-0.3, -0.25) is 0 Å². The van der Waals surface area contributed by atoms with Crippen molar-refractivity contribution in [2.75, 3.05) is 29.6 Å². The van der Waals surface area contributed by atoms with Crippen molar-refractivity contribution < 1.29 is 9.53 Å². The first-order chi connectivity index (χ1) is 13.8. The summed E-state index contributed by atoms with van der Waals surface area (Å²) >= 11 is 1.53. The topological polar surface area (TPSA) is 79.4 Å². The first kappa shape index (κ1) is 19.8. The molecular weight excluding hydrogens is 386 g/mol. The highest BCUT2D eigenvalue weighted by Gasteiger charge is 2.57. The van der Waals surface area contributed by atoms with Crippen molar-refractivity contribution in [3.63, 3.8) is 0 Å². The maximum atomic E-state index is 12.0. The predicted octanol–water partition coefficient (Wildman–Crippen LogP) is 3.90. The summed E-state index contributed by atoms with van der Waals surface area (Å²) in [5.41, 5.74) is 0.521. The molecule has 1 saturated heterocycles. The van der Waals surface area contributed by atoms with Crippen LogP contribution < -0.4 is 15.5 Å². The third-order valence-electron chi connectivity index (χ3n) is 5.12. The Bertz CT molecular complexity index is 874. The van der Waals surface area contributed by atoms with Crippen LogP contribution in [0, 0.1) is 11.8 Å². The van der Waals surface area contributed by atoms with Gasteiger partial charge in [0.1, 0.15) is 17.2 Å². The number of rotatable bonds is 5. The Hall–Kier alpha value is -2.48. The molecule has 4 rings (SSSR count). The fraction of sp³-hybridized carbons (Fsp3) is 0.476. The number of fused-ring (bicyclic) bond motifs is 1. The minimum absolute atomic E-state index is 0.199. The van der Waals surface area contributed by atoms with Crippen molar-refractivity contribution in [1.82, 2.24) is 15.3 Å². The van der Waals surface area contributed by atoms with Gasteiger partial charge in [0, 0.05) is 42.7 Å². The molecule has 0 unspecified atom stereocenters. The zero-order chi connectivity index (χ0) is 20.6. The molecule has 1 aromatic carbocycles. The van der Waals surface area contributed by atoms with Crippen LogP contribution in [-0.4, -0.2) is 47.0 Å². The average molecular weight is 414 g/mol. The van der Waals surface area contributed by atoms with Gasteiger partial charge >= 0.3 is 6.09 Å². The lowest BCUT2D eigenvalue weighted by atomic mass is 10.2. The summed E-state index contributed by atoms with van der Waals surface area (Å²) in [7, 11) is 0. The molecule has 2 N–H and O–H groups in total. The van der Waals surface area contributed by atoms with Crippen LogP contribution in [0.2, 0.25) is 0 Å². The summed E-state index contributed by atoms with van der Waals surface area (Å²) in [5, 5.41) is 7.11. The number of piperidine rings is 1. The fourth-order valence-electron chi connectivity index (χ4n) is 3.77.